The van der Waals surface area contributed by atoms with Crippen molar-refractivity contribution >= 4 is 28.2 Å². The molecule has 2 aromatic carbocycles. The van der Waals surface area contributed by atoms with Gasteiger partial charge in [0, 0.05) is 18.5 Å². The number of hydrogen-bond acceptors (Lipinski definition) is 3. The number of aromatic nitrogens is 1. The number of rotatable bonds is 6. The monoisotopic (exact) mass is 491 g/mol. The Hall–Kier alpha value is -3.07. The summed E-state index contributed by atoms with van der Waals surface area (Å²) in [6.07, 6.45) is 0.546. The van der Waals surface area contributed by atoms with Gasteiger partial charge in [-0.3, -0.25) is 9.36 Å². The molecule has 1 heterocycles. The molecule has 3 aromatic rings. The van der Waals surface area contributed by atoms with E-state index in [1.165, 1.54) is 16.7 Å². The zero-order chi connectivity index (χ0) is 25.2. The van der Waals surface area contributed by atoms with E-state index in [-0.39, 0.29) is 28.2 Å². The topological polar surface area (TPSA) is 63.1 Å². The van der Waals surface area contributed by atoms with Crippen LogP contribution in [0.3, 0.4) is 0 Å². The van der Waals surface area contributed by atoms with Crippen LogP contribution in [0.1, 0.15) is 42.9 Å². The van der Waals surface area contributed by atoms with Crippen LogP contribution in [-0.4, -0.2) is 14.0 Å². The van der Waals surface area contributed by atoms with Crippen molar-refractivity contribution < 1.29 is 17.4 Å². The summed E-state index contributed by atoms with van der Waals surface area (Å²) in [5.41, 5.74) is 2.04. The van der Waals surface area contributed by atoms with Crippen LogP contribution >= 0.6 is 0 Å². The van der Waals surface area contributed by atoms with Gasteiger partial charge in [-0.2, -0.15) is 0 Å². The molecule has 2 N–H and O–H groups in total. The van der Waals surface area contributed by atoms with Gasteiger partial charge in [0.2, 0.25) is 0 Å². The first-order valence-electron chi connectivity index (χ1n) is 11.0. The molecular formula is C25H28F3N3O2S. The molecule has 0 bridgehead atoms. The Morgan fingerprint density at radius 3 is 2.29 bits per heavy atom. The largest absolute Gasteiger partial charge is 0.337 e. The molecule has 0 spiro atoms. The predicted octanol–water partition coefficient (Wildman–Crippen LogP) is 5.82. The van der Waals surface area contributed by atoms with E-state index in [1.54, 1.807) is 39.1 Å². The summed E-state index contributed by atoms with van der Waals surface area (Å²) < 4.78 is 58.4. The Balaban J connectivity index is 0.00000158. The summed E-state index contributed by atoms with van der Waals surface area (Å²) in [7, 11) is -0.0291. The fourth-order valence-electron chi connectivity index (χ4n) is 3.66. The third-order valence-corrected chi connectivity index (χ3v) is 7.05. The van der Waals surface area contributed by atoms with Crippen molar-refractivity contribution in [2.45, 2.75) is 45.3 Å². The van der Waals surface area contributed by atoms with Gasteiger partial charge in [-0.1, -0.05) is 26.0 Å². The average Bonchev–Trinajstić information content (AvgIpc) is 3.61. The Bertz CT molecular complexity index is 1290. The van der Waals surface area contributed by atoms with E-state index in [1.807, 2.05) is 13.8 Å². The number of hydrogen-bond donors (Lipinski definition) is 2. The number of nitrogens with zero attached hydrogens (tertiary/aromatic N) is 1. The standard InChI is InChI=1S/C23H22F3N3O2S.C2H6/c1-12-4-7-19(18(26)8-12)27-22-20(9-13(2)23(30)29(22)3)28-32(31)21-11-15(21)14-5-6-16(24)17(25)10-14;1-2/h4-10,15,21,27-28H,11H2,1-3H3;1-2H3. The van der Waals surface area contributed by atoms with Crippen molar-refractivity contribution in [3.8, 4) is 0 Å². The van der Waals surface area contributed by atoms with Crippen LogP contribution in [0.2, 0.25) is 0 Å². The molecule has 0 saturated heterocycles. The Morgan fingerprint density at radius 1 is 0.941 bits per heavy atom. The highest BCUT2D eigenvalue weighted by Crippen LogP contribution is 2.45. The molecule has 182 valence electrons. The van der Waals surface area contributed by atoms with Crippen LogP contribution < -0.4 is 15.6 Å². The number of halogens is 3. The van der Waals surface area contributed by atoms with E-state index in [0.717, 1.165) is 17.7 Å². The molecule has 0 aliphatic heterocycles. The maximum absolute atomic E-state index is 14.4. The lowest BCUT2D eigenvalue weighted by atomic mass is 10.1. The van der Waals surface area contributed by atoms with Crippen molar-refractivity contribution in [2.24, 2.45) is 7.05 Å². The highest BCUT2D eigenvalue weighted by Gasteiger charge is 2.44. The van der Waals surface area contributed by atoms with Gasteiger partial charge in [0.25, 0.3) is 5.56 Å². The minimum absolute atomic E-state index is 0.169. The first-order chi connectivity index (χ1) is 16.2. The number of nitrogens with one attached hydrogen (secondary N) is 2. The van der Waals surface area contributed by atoms with E-state index in [0.29, 0.717) is 23.2 Å². The Morgan fingerprint density at radius 2 is 1.65 bits per heavy atom. The number of benzene rings is 2. The third kappa shape index (κ3) is 5.35. The lowest BCUT2D eigenvalue weighted by molar-refractivity contribution is 0.507. The van der Waals surface area contributed by atoms with Crippen LogP contribution in [0.5, 0.6) is 0 Å². The molecule has 0 radical (unpaired) electrons. The third-order valence-electron chi connectivity index (χ3n) is 5.56. The summed E-state index contributed by atoms with van der Waals surface area (Å²) >= 11 is 0. The Labute approximate surface area is 199 Å². The normalized spacial score (nSPS) is 17.4. The fraction of sp³-hybridized carbons (Fsp3) is 0.320. The summed E-state index contributed by atoms with van der Waals surface area (Å²) in [6.45, 7) is 7.40. The van der Waals surface area contributed by atoms with Gasteiger partial charge >= 0.3 is 0 Å². The van der Waals surface area contributed by atoms with Crippen molar-refractivity contribution in [1.29, 1.82) is 0 Å². The zero-order valence-corrected chi connectivity index (χ0v) is 20.5. The number of anilines is 3. The van der Waals surface area contributed by atoms with E-state index in [4.69, 9.17) is 0 Å². The van der Waals surface area contributed by atoms with Gasteiger partial charge in [0.1, 0.15) is 22.6 Å². The first-order valence-corrected chi connectivity index (χ1v) is 12.2. The molecule has 1 aliphatic carbocycles. The van der Waals surface area contributed by atoms with E-state index < -0.39 is 28.4 Å². The van der Waals surface area contributed by atoms with Crippen molar-refractivity contribution in [3.05, 3.63) is 87.0 Å². The molecule has 1 aromatic heterocycles. The minimum Gasteiger partial charge on any atom is -0.337 e. The molecular weight excluding hydrogens is 463 g/mol. The lowest BCUT2D eigenvalue weighted by Gasteiger charge is -2.18. The molecule has 0 amide bonds. The molecule has 5 nitrogen and oxygen atoms in total. The summed E-state index contributed by atoms with van der Waals surface area (Å²) in [5, 5.41) is 2.62. The number of pyridine rings is 1. The molecule has 1 saturated carbocycles. The van der Waals surface area contributed by atoms with Gasteiger partial charge in [-0.05, 0) is 61.7 Å². The molecule has 1 fully saturated rings. The second-order valence-corrected chi connectivity index (χ2v) is 9.42. The predicted molar refractivity (Wildman–Crippen MR) is 131 cm³/mol. The lowest BCUT2D eigenvalue weighted by Crippen LogP contribution is -2.24. The maximum atomic E-state index is 14.4. The van der Waals surface area contributed by atoms with Gasteiger partial charge in [-0.25, -0.2) is 17.4 Å². The quantitative estimate of drug-likeness (QED) is 0.457. The smallest absolute Gasteiger partial charge is 0.254 e. The van der Waals surface area contributed by atoms with Gasteiger partial charge in [0.05, 0.1) is 16.6 Å². The molecule has 3 unspecified atom stereocenters. The van der Waals surface area contributed by atoms with Gasteiger partial charge in [0.15, 0.2) is 11.6 Å². The van der Waals surface area contributed by atoms with E-state index in [2.05, 4.69) is 10.0 Å². The molecule has 1 aliphatic rings. The maximum Gasteiger partial charge on any atom is 0.254 e. The molecule has 9 heteroatoms. The van der Waals surface area contributed by atoms with Gasteiger partial charge in [-0.15, -0.1) is 0 Å². The second kappa shape index (κ2) is 10.5. The highest BCUT2D eigenvalue weighted by molar-refractivity contribution is 7.87. The second-order valence-electron chi connectivity index (χ2n) is 8.02. The SMILES string of the molecule is CC.Cc1ccc(Nc2c(NS(=O)C3CC3c3ccc(F)c(F)c3)cc(C)c(=O)n2C)c(F)c1. The Kier molecular flexibility index (Phi) is 7.86. The van der Waals surface area contributed by atoms with E-state index in [9.17, 15) is 22.2 Å². The summed E-state index contributed by atoms with van der Waals surface area (Å²) in [5.74, 6) is -2.25. The van der Waals surface area contributed by atoms with Crippen LogP contribution in [0.15, 0.2) is 47.3 Å². The van der Waals surface area contributed by atoms with Crippen molar-refractivity contribution in [1.82, 2.24) is 4.57 Å². The summed E-state index contributed by atoms with van der Waals surface area (Å²) in [6, 6.07) is 9.91. The highest BCUT2D eigenvalue weighted by atomic mass is 32.2. The summed E-state index contributed by atoms with van der Waals surface area (Å²) in [4.78, 5) is 12.5. The molecule has 3 atom stereocenters. The van der Waals surface area contributed by atoms with Crippen molar-refractivity contribution in [2.75, 3.05) is 10.0 Å². The average molecular weight is 492 g/mol. The molecule has 34 heavy (non-hydrogen) atoms. The van der Waals surface area contributed by atoms with Crippen LogP contribution in [0.4, 0.5) is 30.4 Å². The van der Waals surface area contributed by atoms with Crippen LogP contribution in [0.25, 0.3) is 0 Å². The minimum atomic E-state index is -1.57. The fourth-order valence-corrected chi connectivity index (χ4v) is 5.02. The van der Waals surface area contributed by atoms with Crippen LogP contribution in [0, 0.1) is 31.3 Å². The van der Waals surface area contributed by atoms with Crippen LogP contribution in [-0.2, 0) is 18.0 Å². The van der Waals surface area contributed by atoms with Crippen molar-refractivity contribution in [3.63, 3.8) is 0 Å². The van der Waals surface area contributed by atoms with Gasteiger partial charge < -0.3 is 10.0 Å². The molecule has 4 rings (SSSR count). The first kappa shape index (κ1) is 25.6. The van der Waals surface area contributed by atoms with E-state index >= 15 is 0 Å². The zero-order valence-electron chi connectivity index (χ0n) is 19.7. The number of aryl methyl sites for hydroxylation is 2.